The van der Waals surface area contributed by atoms with Gasteiger partial charge in [0.2, 0.25) is 5.91 Å². The molecule has 2 unspecified atom stereocenters. The van der Waals surface area contributed by atoms with Crippen LogP contribution in [0.15, 0.2) is 24.3 Å². The third-order valence-corrected chi connectivity index (χ3v) is 5.58. The molecule has 11 heteroatoms. The fourth-order valence-electron chi connectivity index (χ4n) is 2.62. The van der Waals surface area contributed by atoms with Crippen LogP contribution in [0.4, 0.5) is 13.2 Å². The Morgan fingerprint density at radius 2 is 1.88 bits per heavy atom. The summed E-state index contributed by atoms with van der Waals surface area (Å²) in [6, 6.07) is 3.41. The third kappa shape index (κ3) is 5.90. The van der Waals surface area contributed by atoms with Gasteiger partial charge in [0, 0.05) is 0 Å². The molecular formula is C15H16F3NO6S. The fraction of sp³-hybridized carbons (Fsp3) is 0.467. The van der Waals surface area contributed by atoms with E-state index in [9.17, 15) is 31.2 Å². The van der Waals surface area contributed by atoms with E-state index in [1.807, 2.05) is 0 Å². The molecule has 1 aliphatic heterocycles. The largest absolute Gasteiger partial charge is 0.573 e. The number of ether oxygens (including phenoxy) is 1. The molecule has 2 N–H and O–H groups in total. The Hall–Kier alpha value is -2.30. The number of sulfone groups is 1. The van der Waals surface area contributed by atoms with E-state index in [1.165, 1.54) is 12.1 Å². The number of carbonyl (C=O) groups excluding carboxylic acids is 1. The van der Waals surface area contributed by atoms with Crippen molar-refractivity contribution in [3.05, 3.63) is 29.8 Å². The second-order valence-electron chi connectivity index (χ2n) is 5.88. The molecule has 0 bridgehead atoms. The number of rotatable bonds is 6. The zero-order valence-corrected chi connectivity index (χ0v) is 14.1. The molecule has 1 aliphatic rings. The van der Waals surface area contributed by atoms with Crippen LogP contribution in [0.1, 0.15) is 24.4 Å². The van der Waals surface area contributed by atoms with Crippen molar-refractivity contribution in [2.75, 3.05) is 11.5 Å². The number of aliphatic carboxylic acids is 1. The van der Waals surface area contributed by atoms with E-state index in [2.05, 4.69) is 10.1 Å². The number of hydrogen-bond donors (Lipinski definition) is 2. The monoisotopic (exact) mass is 395 g/mol. The van der Waals surface area contributed by atoms with Crippen LogP contribution in [-0.4, -0.2) is 43.3 Å². The van der Waals surface area contributed by atoms with Gasteiger partial charge >= 0.3 is 12.3 Å². The Bertz CT molecular complexity index is 776. The first kappa shape index (κ1) is 20.0. The average molecular weight is 395 g/mol. The number of amides is 1. The molecule has 0 radical (unpaired) electrons. The average Bonchev–Trinajstić information content (AvgIpc) is 2.85. The minimum absolute atomic E-state index is 0.113. The standard InChI is InChI=1S/C15H16F3NO6S/c16-15(17,18)25-11-3-1-9(2-4-11)12(7-13(20)21)19-14(22)10-5-6-26(23,24)8-10/h1-4,10,12H,5-8H2,(H,19,22)(H,20,21). The molecule has 1 amide bonds. The summed E-state index contributed by atoms with van der Waals surface area (Å²) in [4.78, 5) is 23.2. The van der Waals surface area contributed by atoms with Gasteiger partial charge in [-0.05, 0) is 24.1 Å². The van der Waals surface area contributed by atoms with E-state index in [1.54, 1.807) is 0 Å². The number of benzene rings is 1. The predicted molar refractivity (Wildman–Crippen MR) is 83.0 cm³/mol. The van der Waals surface area contributed by atoms with Crippen LogP contribution in [0.25, 0.3) is 0 Å². The van der Waals surface area contributed by atoms with Gasteiger partial charge in [0.25, 0.3) is 0 Å². The molecule has 2 rings (SSSR count). The van der Waals surface area contributed by atoms with Crippen molar-refractivity contribution >= 4 is 21.7 Å². The highest BCUT2D eigenvalue weighted by Gasteiger charge is 2.34. The van der Waals surface area contributed by atoms with Crippen LogP contribution >= 0.6 is 0 Å². The normalized spacial score (nSPS) is 20.3. The fourth-order valence-corrected chi connectivity index (χ4v) is 4.36. The lowest BCUT2D eigenvalue weighted by atomic mass is 10.0. The molecular weight excluding hydrogens is 379 g/mol. The van der Waals surface area contributed by atoms with Gasteiger partial charge in [-0.25, -0.2) is 8.42 Å². The number of carboxylic acid groups (broad SMARTS) is 1. The summed E-state index contributed by atoms with van der Waals surface area (Å²) in [6.07, 6.45) is -5.22. The lowest BCUT2D eigenvalue weighted by Crippen LogP contribution is -2.35. The molecule has 1 aromatic rings. The van der Waals surface area contributed by atoms with Gasteiger partial charge < -0.3 is 15.2 Å². The van der Waals surface area contributed by atoms with Crippen LogP contribution in [0.3, 0.4) is 0 Å². The van der Waals surface area contributed by atoms with Gasteiger partial charge in [-0.2, -0.15) is 0 Å². The number of alkyl halides is 3. The Morgan fingerprint density at radius 3 is 2.35 bits per heavy atom. The van der Waals surface area contributed by atoms with Crippen molar-refractivity contribution in [2.45, 2.75) is 25.2 Å². The quantitative estimate of drug-likeness (QED) is 0.758. The first-order chi connectivity index (χ1) is 12.0. The number of carbonyl (C=O) groups is 2. The van der Waals surface area contributed by atoms with Gasteiger partial charge in [-0.3, -0.25) is 9.59 Å². The van der Waals surface area contributed by atoms with Crippen LogP contribution in [-0.2, 0) is 19.4 Å². The summed E-state index contributed by atoms with van der Waals surface area (Å²) in [7, 11) is -3.29. The van der Waals surface area contributed by atoms with E-state index >= 15 is 0 Å². The number of nitrogens with one attached hydrogen (secondary N) is 1. The molecule has 2 atom stereocenters. The van der Waals surface area contributed by atoms with Crippen molar-refractivity contribution in [1.82, 2.24) is 5.32 Å². The molecule has 0 saturated carbocycles. The first-order valence-electron chi connectivity index (χ1n) is 7.53. The maximum absolute atomic E-state index is 12.2. The minimum atomic E-state index is -4.86. The van der Waals surface area contributed by atoms with E-state index < -0.39 is 52.2 Å². The van der Waals surface area contributed by atoms with Crippen molar-refractivity contribution in [1.29, 1.82) is 0 Å². The first-order valence-corrected chi connectivity index (χ1v) is 9.35. The predicted octanol–water partition coefficient (Wildman–Crippen LogP) is 1.65. The number of halogens is 3. The summed E-state index contributed by atoms with van der Waals surface area (Å²) in [5.41, 5.74) is 0.260. The van der Waals surface area contributed by atoms with Gasteiger partial charge in [0.1, 0.15) is 5.75 Å². The molecule has 1 heterocycles. The Balaban J connectivity index is 2.11. The molecule has 1 saturated heterocycles. The summed E-state index contributed by atoms with van der Waals surface area (Å²) in [5.74, 6) is -3.51. The zero-order chi connectivity index (χ0) is 19.5. The topological polar surface area (TPSA) is 110 Å². The van der Waals surface area contributed by atoms with E-state index in [0.29, 0.717) is 0 Å². The number of carboxylic acids is 1. The molecule has 7 nitrogen and oxygen atoms in total. The van der Waals surface area contributed by atoms with Gasteiger partial charge in [0.05, 0.1) is 29.9 Å². The highest BCUT2D eigenvalue weighted by Crippen LogP contribution is 2.26. The van der Waals surface area contributed by atoms with Crippen molar-refractivity contribution in [2.24, 2.45) is 5.92 Å². The molecule has 0 spiro atoms. The summed E-state index contributed by atoms with van der Waals surface area (Å²) < 4.78 is 63.2. The zero-order valence-electron chi connectivity index (χ0n) is 13.3. The summed E-state index contributed by atoms with van der Waals surface area (Å²) in [5, 5.41) is 11.5. The van der Waals surface area contributed by atoms with Crippen LogP contribution < -0.4 is 10.1 Å². The van der Waals surface area contributed by atoms with Gasteiger partial charge in [-0.1, -0.05) is 12.1 Å². The van der Waals surface area contributed by atoms with Crippen molar-refractivity contribution < 1.29 is 41.0 Å². The highest BCUT2D eigenvalue weighted by atomic mass is 32.2. The number of hydrogen-bond acceptors (Lipinski definition) is 5. The summed E-state index contributed by atoms with van der Waals surface area (Å²) in [6.45, 7) is 0. The Kier molecular flexibility index (Phi) is 5.79. The van der Waals surface area contributed by atoms with Crippen molar-refractivity contribution in [3.8, 4) is 5.75 Å². The Labute approximate surface area is 147 Å². The highest BCUT2D eigenvalue weighted by molar-refractivity contribution is 7.91. The van der Waals surface area contributed by atoms with Gasteiger partial charge in [-0.15, -0.1) is 13.2 Å². The minimum Gasteiger partial charge on any atom is -0.481 e. The SMILES string of the molecule is O=C(O)CC(NC(=O)C1CCS(=O)(=O)C1)c1ccc(OC(F)(F)F)cc1. The maximum Gasteiger partial charge on any atom is 0.573 e. The van der Waals surface area contributed by atoms with Crippen molar-refractivity contribution in [3.63, 3.8) is 0 Å². The lowest BCUT2D eigenvalue weighted by molar-refractivity contribution is -0.274. The second-order valence-corrected chi connectivity index (χ2v) is 8.10. The smallest absolute Gasteiger partial charge is 0.481 e. The maximum atomic E-state index is 12.2. The van der Waals surface area contributed by atoms with E-state index in [0.717, 1.165) is 12.1 Å². The molecule has 1 fully saturated rings. The molecule has 0 aliphatic carbocycles. The summed E-state index contributed by atoms with van der Waals surface area (Å²) >= 11 is 0. The van der Waals surface area contributed by atoms with Gasteiger partial charge in [0.15, 0.2) is 9.84 Å². The van der Waals surface area contributed by atoms with Crippen LogP contribution in [0, 0.1) is 5.92 Å². The second kappa shape index (κ2) is 7.52. The lowest BCUT2D eigenvalue weighted by Gasteiger charge is -2.20. The molecule has 26 heavy (non-hydrogen) atoms. The van der Waals surface area contributed by atoms with Crippen LogP contribution in [0.5, 0.6) is 5.75 Å². The molecule has 0 aromatic heterocycles. The molecule has 144 valence electrons. The third-order valence-electron chi connectivity index (χ3n) is 3.81. The van der Waals surface area contributed by atoms with E-state index in [4.69, 9.17) is 5.11 Å². The Morgan fingerprint density at radius 1 is 1.27 bits per heavy atom. The van der Waals surface area contributed by atoms with E-state index in [-0.39, 0.29) is 23.5 Å². The molecule has 1 aromatic carbocycles. The van der Waals surface area contributed by atoms with Crippen LogP contribution in [0.2, 0.25) is 0 Å².